The summed E-state index contributed by atoms with van der Waals surface area (Å²) in [6.07, 6.45) is 8.33. The summed E-state index contributed by atoms with van der Waals surface area (Å²) in [5.74, 6) is 1.28. The van der Waals surface area contributed by atoms with Crippen molar-refractivity contribution in [3.05, 3.63) is 47.5 Å². The number of carbonyl (C=O) groups is 1. The molecule has 3 aromatic rings. The highest BCUT2D eigenvalue weighted by Crippen LogP contribution is 2.38. The van der Waals surface area contributed by atoms with Gasteiger partial charge in [0.05, 0.1) is 35.5 Å². The lowest BCUT2D eigenvalue weighted by Crippen LogP contribution is -2.54. The van der Waals surface area contributed by atoms with Crippen molar-refractivity contribution in [2.45, 2.75) is 63.1 Å². The van der Waals surface area contributed by atoms with E-state index in [1.54, 1.807) is 24.1 Å². The van der Waals surface area contributed by atoms with Crippen LogP contribution in [0.4, 0.5) is 15.9 Å². The summed E-state index contributed by atoms with van der Waals surface area (Å²) in [5.41, 5.74) is 0.868. The zero-order chi connectivity index (χ0) is 27.5. The number of likely N-dealkylation sites (tertiary alicyclic amines) is 1. The number of methoxy groups -OCH3 is 1. The molecule has 8 nitrogen and oxygen atoms in total. The first-order chi connectivity index (χ1) is 18.9. The molecule has 208 valence electrons. The molecule has 1 saturated heterocycles. The predicted molar refractivity (Wildman–Crippen MR) is 150 cm³/mol. The van der Waals surface area contributed by atoms with E-state index in [0.717, 1.165) is 51.5 Å². The van der Waals surface area contributed by atoms with Gasteiger partial charge in [0.15, 0.2) is 17.3 Å². The molecule has 5 rings (SSSR count). The van der Waals surface area contributed by atoms with Crippen molar-refractivity contribution in [1.29, 1.82) is 0 Å². The Kier molecular flexibility index (Phi) is 8.37. The monoisotopic (exact) mass is 555 g/mol. The van der Waals surface area contributed by atoms with Crippen LogP contribution < -0.4 is 14.8 Å². The Balaban J connectivity index is 1.32. The Labute approximate surface area is 233 Å². The maximum absolute atomic E-state index is 14.6. The van der Waals surface area contributed by atoms with Gasteiger partial charge in [-0.05, 0) is 63.3 Å². The molecular formula is C29H35ClFN5O3. The zero-order valence-electron chi connectivity index (χ0n) is 22.6. The molecule has 1 N–H and O–H groups in total. The highest BCUT2D eigenvalue weighted by Gasteiger charge is 2.36. The van der Waals surface area contributed by atoms with Gasteiger partial charge < -0.3 is 19.7 Å². The van der Waals surface area contributed by atoms with Crippen molar-refractivity contribution in [3.63, 3.8) is 0 Å². The van der Waals surface area contributed by atoms with Crippen LogP contribution in [-0.2, 0) is 4.79 Å². The van der Waals surface area contributed by atoms with Crippen molar-refractivity contribution < 1.29 is 18.7 Å². The molecule has 1 unspecified atom stereocenters. The average molecular weight is 556 g/mol. The van der Waals surface area contributed by atoms with Gasteiger partial charge in [-0.15, -0.1) is 0 Å². The standard InChI is InChI=1S/C29H35ClFN5O3/c1-35(2)29(37)24-9-4-5-14-36(24)18-10-12-19(13-11-18)39-26-15-20-23(16-25(26)38-3)32-17-33-28(20)34-22-8-6-7-21(30)27(22)31/h6-8,15-19,24H,4-5,9-14H2,1-3H3,(H,32,33,34). The first-order valence-electron chi connectivity index (χ1n) is 13.5. The summed E-state index contributed by atoms with van der Waals surface area (Å²) in [6, 6.07) is 8.80. The number of amides is 1. The number of hydrogen-bond donors (Lipinski definition) is 1. The van der Waals surface area contributed by atoms with Crippen LogP contribution >= 0.6 is 11.6 Å². The molecular weight excluding hydrogens is 521 g/mol. The Morgan fingerprint density at radius 1 is 1.10 bits per heavy atom. The Hall–Kier alpha value is -3.17. The van der Waals surface area contributed by atoms with Crippen molar-refractivity contribution in [3.8, 4) is 11.5 Å². The zero-order valence-corrected chi connectivity index (χ0v) is 23.4. The molecule has 0 bridgehead atoms. The van der Waals surface area contributed by atoms with Crippen LogP contribution in [0.5, 0.6) is 11.5 Å². The number of carbonyl (C=O) groups excluding carboxylic acids is 1. The molecule has 2 fully saturated rings. The second-order valence-corrected chi connectivity index (χ2v) is 10.9. The van der Waals surface area contributed by atoms with E-state index in [1.807, 2.05) is 26.2 Å². The van der Waals surface area contributed by atoms with Gasteiger partial charge >= 0.3 is 0 Å². The van der Waals surface area contributed by atoms with E-state index in [9.17, 15) is 9.18 Å². The van der Waals surface area contributed by atoms with Gasteiger partial charge in [0, 0.05) is 31.6 Å². The second kappa shape index (κ2) is 11.9. The highest BCUT2D eigenvalue weighted by atomic mass is 35.5. The van der Waals surface area contributed by atoms with E-state index in [-0.39, 0.29) is 28.8 Å². The quantitative estimate of drug-likeness (QED) is 0.394. The molecule has 2 aliphatic rings. The van der Waals surface area contributed by atoms with Crippen LogP contribution in [0, 0.1) is 5.82 Å². The second-order valence-electron chi connectivity index (χ2n) is 10.5. The Morgan fingerprint density at radius 3 is 2.64 bits per heavy atom. The van der Waals surface area contributed by atoms with Crippen molar-refractivity contribution in [2.75, 3.05) is 33.1 Å². The van der Waals surface area contributed by atoms with Crippen LogP contribution in [0.1, 0.15) is 44.9 Å². The van der Waals surface area contributed by atoms with E-state index in [1.165, 1.54) is 12.4 Å². The van der Waals surface area contributed by atoms with Crippen molar-refractivity contribution in [1.82, 2.24) is 19.8 Å². The summed E-state index contributed by atoms with van der Waals surface area (Å²) in [4.78, 5) is 25.7. The number of likely N-dealkylation sites (N-methyl/N-ethyl adjacent to an activating group) is 1. The molecule has 1 aromatic heterocycles. The van der Waals surface area contributed by atoms with E-state index < -0.39 is 5.82 Å². The largest absolute Gasteiger partial charge is 0.493 e. The van der Waals surface area contributed by atoms with Gasteiger partial charge in [0.2, 0.25) is 5.91 Å². The predicted octanol–water partition coefficient (Wildman–Crippen LogP) is 5.81. The fraction of sp³-hybridized carbons (Fsp3) is 0.483. The molecule has 1 aliphatic carbocycles. The summed E-state index contributed by atoms with van der Waals surface area (Å²) < 4.78 is 26.7. The van der Waals surface area contributed by atoms with Gasteiger partial charge in [-0.1, -0.05) is 24.1 Å². The molecule has 10 heteroatoms. The number of nitrogens with zero attached hydrogens (tertiary/aromatic N) is 4. The van der Waals surface area contributed by atoms with Crippen LogP contribution in [0.15, 0.2) is 36.7 Å². The molecule has 1 atom stereocenters. The minimum Gasteiger partial charge on any atom is -0.493 e. The molecule has 1 aliphatic heterocycles. The molecule has 0 radical (unpaired) electrons. The van der Waals surface area contributed by atoms with Crippen LogP contribution in [0.2, 0.25) is 5.02 Å². The van der Waals surface area contributed by atoms with Gasteiger partial charge in [-0.3, -0.25) is 9.69 Å². The van der Waals surface area contributed by atoms with Gasteiger partial charge in [0.25, 0.3) is 0 Å². The van der Waals surface area contributed by atoms with Crippen LogP contribution in [0.25, 0.3) is 10.9 Å². The van der Waals surface area contributed by atoms with E-state index in [2.05, 4.69) is 20.2 Å². The third kappa shape index (κ3) is 5.89. The van der Waals surface area contributed by atoms with Crippen LogP contribution in [-0.4, -0.2) is 71.6 Å². The minimum absolute atomic E-state index is 0.0202. The summed E-state index contributed by atoms with van der Waals surface area (Å²) in [7, 11) is 5.29. The number of nitrogens with one attached hydrogen (secondary N) is 1. The van der Waals surface area contributed by atoms with E-state index in [4.69, 9.17) is 21.1 Å². The number of ether oxygens (including phenoxy) is 2. The Bertz CT molecular complexity index is 1330. The number of aromatic nitrogens is 2. The molecule has 2 heterocycles. The molecule has 39 heavy (non-hydrogen) atoms. The molecule has 2 aromatic carbocycles. The third-order valence-electron chi connectivity index (χ3n) is 7.80. The summed E-state index contributed by atoms with van der Waals surface area (Å²) >= 11 is 5.96. The summed E-state index contributed by atoms with van der Waals surface area (Å²) in [6.45, 7) is 0.974. The fourth-order valence-electron chi connectivity index (χ4n) is 5.77. The number of anilines is 2. The third-order valence-corrected chi connectivity index (χ3v) is 8.09. The van der Waals surface area contributed by atoms with Gasteiger partial charge in [-0.2, -0.15) is 0 Å². The Morgan fingerprint density at radius 2 is 1.90 bits per heavy atom. The van der Waals surface area contributed by atoms with E-state index in [0.29, 0.717) is 34.3 Å². The summed E-state index contributed by atoms with van der Waals surface area (Å²) in [5, 5.41) is 3.75. The number of benzene rings is 2. The van der Waals surface area contributed by atoms with Crippen LogP contribution in [0.3, 0.4) is 0 Å². The van der Waals surface area contributed by atoms with E-state index >= 15 is 0 Å². The number of piperidine rings is 1. The van der Waals surface area contributed by atoms with Gasteiger partial charge in [0.1, 0.15) is 12.1 Å². The molecule has 1 amide bonds. The number of hydrogen-bond acceptors (Lipinski definition) is 7. The SMILES string of the molecule is COc1cc2ncnc(Nc3cccc(Cl)c3F)c2cc1OC1CCC(N2CCCCC2C(=O)N(C)C)CC1. The average Bonchev–Trinajstić information content (AvgIpc) is 2.95. The van der Waals surface area contributed by atoms with Gasteiger partial charge in [-0.25, -0.2) is 14.4 Å². The lowest BCUT2D eigenvalue weighted by molar-refractivity contribution is -0.137. The highest BCUT2D eigenvalue weighted by molar-refractivity contribution is 6.31. The fourth-order valence-corrected chi connectivity index (χ4v) is 5.95. The number of halogens is 2. The maximum atomic E-state index is 14.6. The lowest BCUT2D eigenvalue weighted by atomic mass is 9.88. The van der Waals surface area contributed by atoms with Crippen molar-refractivity contribution >= 4 is 39.9 Å². The lowest BCUT2D eigenvalue weighted by Gasteiger charge is -2.43. The molecule has 1 saturated carbocycles. The topological polar surface area (TPSA) is 79.8 Å². The normalized spacial score (nSPS) is 21.9. The first-order valence-corrected chi connectivity index (χ1v) is 13.9. The van der Waals surface area contributed by atoms with Crippen molar-refractivity contribution in [2.24, 2.45) is 0 Å². The minimum atomic E-state index is -0.545. The molecule has 0 spiro atoms. The maximum Gasteiger partial charge on any atom is 0.239 e. The number of rotatable bonds is 7. The smallest absolute Gasteiger partial charge is 0.239 e. The number of fused-ring (bicyclic) bond motifs is 1. The first kappa shape index (κ1) is 27.4.